The summed E-state index contributed by atoms with van der Waals surface area (Å²) in [7, 11) is 0. The van der Waals surface area contributed by atoms with Crippen LogP contribution in [0, 0.1) is 23.2 Å². The first-order chi connectivity index (χ1) is 5.25. The standard InChI is InChI=1S/C8H11NO2/c9-5-6-3-1-2-4-7(6)8(10)11/h6-7H,1-4H2,(H,10,11). The van der Waals surface area contributed by atoms with Crippen molar-refractivity contribution in [3.05, 3.63) is 0 Å². The summed E-state index contributed by atoms with van der Waals surface area (Å²) in [5.41, 5.74) is 0. The predicted molar refractivity (Wildman–Crippen MR) is 38.7 cm³/mol. The normalized spacial score (nSPS) is 30.8. The Morgan fingerprint density at radius 2 is 2.09 bits per heavy atom. The van der Waals surface area contributed by atoms with Crippen molar-refractivity contribution < 1.29 is 9.90 Å². The van der Waals surface area contributed by atoms with Crippen LogP contribution >= 0.6 is 0 Å². The van der Waals surface area contributed by atoms with E-state index in [0.717, 1.165) is 19.3 Å². The second kappa shape index (κ2) is 3.38. The van der Waals surface area contributed by atoms with Crippen LogP contribution in [0.15, 0.2) is 0 Å². The summed E-state index contributed by atoms with van der Waals surface area (Å²) >= 11 is 0. The minimum absolute atomic E-state index is 0.249. The first-order valence-electron chi connectivity index (χ1n) is 3.88. The highest BCUT2D eigenvalue weighted by Crippen LogP contribution is 2.29. The quantitative estimate of drug-likeness (QED) is 0.619. The molecule has 60 valence electrons. The molecule has 0 aromatic rings. The van der Waals surface area contributed by atoms with Gasteiger partial charge in [-0.1, -0.05) is 12.8 Å². The van der Waals surface area contributed by atoms with E-state index in [9.17, 15) is 4.79 Å². The van der Waals surface area contributed by atoms with E-state index in [-0.39, 0.29) is 5.92 Å². The first kappa shape index (κ1) is 8.06. The number of carbonyl (C=O) groups is 1. The van der Waals surface area contributed by atoms with E-state index in [1.807, 2.05) is 0 Å². The van der Waals surface area contributed by atoms with Crippen LogP contribution in [0.25, 0.3) is 0 Å². The van der Waals surface area contributed by atoms with Crippen LogP contribution in [-0.4, -0.2) is 11.1 Å². The summed E-state index contributed by atoms with van der Waals surface area (Å²) in [6.07, 6.45) is 3.39. The van der Waals surface area contributed by atoms with Gasteiger partial charge in [0.2, 0.25) is 0 Å². The molecule has 0 aromatic carbocycles. The molecule has 1 saturated carbocycles. The second-order valence-electron chi connectivity index (χ2n) is 2.96. The zero-order valence-corrected chi connectivity index (χ0v) is 6.29. The molecular weight excluding hydrogens is 142 g/mol. The maximum Gasteiger partial charge on any atom is 0.307 e. The van der Waals surface area contributed by atoms with Crippen molar-refractivity contribution in [2.75, 3.05) is 0 Å². The third kappa shape index (κ3) is 1.70. The van der Waals surface area contributed by atoms with E-state index in [2.05, 4.69) is 6.07 Å². The summed E-state index contributed by atoms with van der Waals surface area (Å²) in [4.78, 5) is 10.6. The minimum Gasteiger partial charge on any atom is -0.481 e. The van der Waals surface area contributed by atoms with Crippen molar-refractivity contribution in [3.63, 3.8) is 0 Å². The number of carboxylic acids is 1. The highest BCUT2D eigenvalue weighted by molar-refractivity contribution is 5.70. The van der Waals surface area contributed by atoms with Gasteiger partial charge in [-0.2, -0.15) is 5.26 Å². The number of rotatable bonds is 1. The molecular formula is C8H11NO2. The fourth-order valence-electron chi connectivity index (χ4n) is 1.58. The predicted octanol–water partition coefficient (Wildman–Crippen LogP) is 1.40. The number of aliphatic carboxylic acids is 1. The molecule has 1 fully saturated rings. The lowest BCUT2D eigenvalue weighted by Crippen LogP contribution is -2.25. The lowest BCUT2D eigenvalue weighted by molar-refractivity contribution is -0.144. The monoisotopic (exact) mass is 153 g/mol. The topological polar surface area (TPSA) is 61.1 Å². The molecule has 0 aliphatic heterocycles. The molecule has 11 heavy (non-hydrogen) atoms. The third-order valence-electron chi connectivity index (χ3n) is 2.25. The number of carboxylic acid groups (broad SMARTS) is 1. The van der Waals surface area contributed by atoms with Gasteiger partial charge >= 0.3 is 5.97 Å². The van der Waals surface area contributed by atoms with Gasteiger partial charge in [0.15, 0.2) is 0 Å². The lowest BCUT2D eigenvalue weighted by Gasteiger charge is -2.22. The van der Waals surface area contributed by atoms with E-state index in [4.69, 9.17) is 10.4 Å². The molecule has 2 unspecified atom stereocenters. The van der Waals surface area contributed by atoms with Gasteiger partial charge in [0.1, 0.15) is 0 Å². The molecule has 0 saturated heterocycles. The Morgan fingerprint density at radius 3 is 2.55 bits per heavy atom. The van der Waals surface area contributed by atoms with Crippen molar-refractivity contribution in [1.82, 2.24) is 0 Å². The summed E-state index contributed by atoms with van der Waals surface area (Å²) in [6, 6.07) is 2.05. The van der Waals surface area contributed by atoms with Gasteiger partial charge in [0.25, 0.3) is 0 Å². The van der Waals surface area contributed by atoms with Gasteiger partial charge in [-0.3, -0.25) is 4.79 Å². The summed E-state index contributed by atoms with van der Waals surface area (Å²) in [6.45, 7) is 0. The maximum absolute atomic E-state index is 10.6. The van der Waals surface area contributed by atoms with Gasteiger partial charge < -0.3 is 5.11 Å². The zero-order valence-electron chi connectivity index (χ0n) is 6.29. The Balaban J connectivity index is 2.60. The Hall–Kier alpha value is -1.04. The number of hydrogen-bond acceptors (Lipinski definition) is 2. The maximum atomic E-state index is 10.6. The molecule has 2 atom stereocenters. The average molecular weight is 153 g/mol. The third-order valence-corrected chi connectivity index (χ3v) is 2.25. The number of hydrogen-bond donors (Lipinski definition) is 1. The van der Waals surface area contributed by atoms with Crippen molar-refractivity contribution >= 4 is 5.97 Å². The molecule has 0 radical (unpaired) electrons. The Kier molecular flexibility index (Phi) is 2.48. The fraction of sp³-hybridized carbons (Fsp3) is 0.750. The van der Waals surface area contributed by atoms with E-state index < -0.39 is 11.9 Å². The molecule has 0 spiro atoms. The fourth-order valence-corrected chi connectivity index (χ4v) is 1.58. The van der Waals surface area contributed by atoms with Crippen molar-refractivity contribution in [1.29, 1.82) is 5.26 Å². The number of nitrogens with zero attached hydrogens (tertiary/aromatic N) is 1. The van der Waals surface area contributed by atoms with E-state index in [1.54, 1.807) is 0 Å². The van der Waals surface area contributed by atoms with E-state index in [1.165, 1.54) is 0 Å². The molecule has 0 amide bonds. The van der Waals surface area contributed by atoms with Crippen LogP contribution in [0.5, 0.6) is 0 Å². The van der Waals surface area contributed by atoms with Crippen LogP contribution < -0.4 is 0 Å². The smallest absolute Gasteiger partial charge is 0.307 e. The Morgan fingerprint density at radius 1 is 1.45 bits per heavy atom. The van der Waals surface area contributed by atoms with Crippen molar-refractivity contribution in [3.8, 4) is 6.07 Å². The van der Waals surface area contributed by atoms with Gasteiger partial charge in [0.05, 0.1) is 17.9 Å². The molecule has 0 aromatic heterocycles. The molecule has 1 N–H and O–H groups in total. The SMILES string of the molecule is N#CC1CCCCC1C(=O)O. The summed E-state index contributed by atoms with van der Waals surface area (Å²) < 4.78 is 0. The van der Waals surface area contributed by atoms with Crippen LogP contribution in [0.4, 0.5) is 0 Å². The first-order valence-corrected chi connectivity index (χ1v) is 3.88. The minimum atomic E-state index is -0.809. The highest BCUT2D eigenvalue weighted by Gasteiger charge is 2.30. The Labute approximate surface area is 65.6 Å². The molecule has 3 nitrogen and oxygen atoms in total. The summed E-state index contributed by atoms with van der Waals surface area (Å²) in [5.74, 6) is -1.47. The zero-order chi connectivity index (χ0) is 8.27. The van der Waals surface area contributed by atoms with E-state index in [0.29, 0.717) is 6.42 Å². The van der Waals surface area contributed by atoms with E-state index >= 15 is 0 Å². The van der Waals surface area contributed by atoms with Crippen LogP contribution in [0.1, 0.15) is 25.7 Å². The van der Waals surface area contributed by atoms with Gasteiger partial charge in [0, 0.05) is 0 Å². The van der Waals surface area contributed by atoms with Crippen LogP contribution in [0.2, 0.25) is 0 Å². The van der Waals surface area contributed by atoms with Gasteiger partial charge in [-0.15, -0.1) is 0 Å². The lowest BCUT2D eigenvalue weighted by atomic mass is 9.80. The molecule has 0 heterocycles. The molecule has 3 heteroatoms. The van der Waals surface area contributed by atoms with Crippen LogP contribution in [0.3, 0.4) is 0 Å². The highest BCUT2D eigenvalue weighted by atomic mass is 16.4. The van der Waals surface area contributed by atoms with Gasteiger partial charge in [-0.05, 0) is 12.8 Å². The van der Waals surface area contributed by atoms with Gasteiger partial charge in [-0.25, -0.2) is 0 Å². The largest absolute Gasteiger partial charge is 0.481 e. The molecule has 1 aliphatic carbocycles. The molecule has 0 bridgehead atoms. The Bertz CT molecular complexity index is 195. The van der Waals surface area contributed by atoms with Crippen molar-refractivity contribution in [2.24, 2.45) is 11.8 Å². The average Bonchev–Trinajstić information content (AvgIpc) is 2.04. The van der Waals surface area contributed by atoms with Crippen LogP contribution in [-0.2, 0) is 4.79 Å². The molecule has 1 rings (SSSR count). The molecule has 1 aliphatic rings. The number of nitriles is 1. The summed E-state index contributed by atoms with van der Waals surface area (Å²) in [5, 5.41) is 17.3. The second-order valence-corrected chi connectivity index (χ2v) is 2.96. The van der Waals surface area contributed by atoms with Crippen molar-refractivity contribution in [2.45, 2.75) is 25.7 Å².